The summed E-state index contributed by atoms with van der Waals surface area (Å²) in [6, 6.07) is 27.6. The Morgan fingerprint density at radius 1 is 0.833 bits per heavy atom. The highest BCUT2D eigenvalue weighted by Crippen LogP contribution is 2.29. The van der Waals surface area contributed by atoms with Crippen LogP contribution in [0, 0.1) is 0 Å². The number of anilines is 2. The average Bonchev–Trinajstić information content (AvgIpc) is 2.97. The molecule has 0 heterocycles. The molecule has 1 atom stereocenters. The number of benzene rings is 4. The van der Waals surface area contributed by atoms with Gasteiger partial charge in [-0.3, -0.25) is 14.4 Å². The van der Waals surface area contributed by atoms with Crippen molar-refractivity contribution in [3.8, 4) is 5.75 Å². The number of halogens is 2. The van der Waals surface area contributed by atoms with E-state index in [1.165, 1.54) is 18.9 Å². The highest BCUT2D eigenvalue weighted by Gasteiger charge is 2.18. The molecule has 1 unspecified atom stereocenters. The second-order valence-electron chi connectivity index (χ2n) is 9.01. The number of rotatable bonds is 10. The van der Waals surface area contributed by atoms with Crippen molar-refractivity contribution in [2.45, 2.75) is 17.1 Å². The fourth-order valence-electron chi connectivity index (χ4n) is 3.80. The molecular weight excluding hydrogens is 593 g/mol. The van der Waals surface area contributed by atoms with Gasteiger partial charge in [-0.05, 0) is 79.2 Å². The molecule has 42 heavy (non-hydrogen) atoms. The van der Waals surface area contributed by atoms with Crippen LogP contribution in [0.3, 0.4) is 0 Å². The molecule has 0 aliphatic heterocycles. The first-order valence-electron chi connectivity index (χ1n) is 12.8. The Morgan fingerprint density at radius 3 is 2.29 bits per heavy atom. The lowest BCUT2D eigenvalue weighted by Gasteiger charge is -2.14. The highest BCUT2D eigenvalue weighted by atomic mass is 35.5. The minimum Gasteiger partial charge on any atom is -0.495 e. The molecule has 0 fully saturated rings. The summed E-state index contributed by atoms with van der Waals surface area (Å²) in [5, 5.41) is 8.82. The molecule has 0 aliphatic rings. The largest absolute Gasteiger partial charge is 0.495 e. The standard InChI is InChI=1S/C32H27Cl2N3O4S/c1-20(30(38)35-25-14-15-29(41-2)27(34)19-25)42-26-13-7-12-24(18-26)36-32(40)28(17-21-8-6-11-23(33)16-21)37-31(39)22-9-4-3-5-10-22/h3-20H,1-2H3,(H,35,38)(H,36,40)(H,37,39)/b28-17-. The van der Waals surface area contributed by atoms with Crippen molar-refractivity contribution in [3.05, 3.63) is 124 Å². The zero-order valence-electron chi connectivity index (χ0n) is 22.7. The maximum atomic E-state index is 13.4. The van der Waals surface area contributed by atoms with Gasteiger partial charge in [-0.25, -0.2) is 0 Å². The Bertz CT molecular complexity index is 1630. The van der Waals surface area contributed by atoms with Gasteiger partial charge in [0.25, 0.3) is 11.8 Å². The summed E-state index contributed by atoms with van der Waals surface area (Å²) >= 11 is 13.6. The lowest BCUT2D eigenvalue weighted by molar-refractivity contribution is -0.115. The van der Waals surface area contributed by atoms with Gasteiger partial charge in [0.1, 0.15) is 11.4 Å². The third-order valence-corrected chi connectivity index (χ3v) is 7.51. The molecule has 0 spiro atoms. The van der Waals surface area contributed by atoms with E-state index in [2.05, 4.69) is 16.0 Å². The molecule has 0 aromatic heterocycles. The van der Waals surface area contributed by atoms with Crippen LogP contribution < -0.4 is 20.7 Å². The Hall–Kier alpha value is -4.24. The van der Waals surface area contributed by atoms with E-state index in [1.54, 1.807) is 104 Å². The number of hydrogen-bond acceptors (Lipinski definition) is 5. The number of thioether (sulfide) groups is 1. The Kier molecular flexibility index (Phi) is 10.7. The van der Waals surface area contributed by atoms with Gasteiger partial charge in [0.15, 0.2) is 0 Å². The molecule has 0 radical (unpaired) electrons. The quantitative estimate of drug-likeness (QED) is 0.126. The zero-order chi connectivity index (χ0) is 30.1. The van der Waals surface area contributed by atoms with E-state index in [-0.39, 0.29) is 11.6 Å². The minimum atomic E-state index is -0.524. The van der Waals surface area contributed by atoms with Crippen molar-refractivity contribution in [2.24, 2.45) is 0 Å². The van der Waals surface area contributed by atoms with E-state index < -0.39 is 17.1 Å². The molecule has 0 saturated carbocycles. The highest BCUT2D eigenvalue weighted by molar-refractivity contribution is 8.00. The van der Waals surface area contributed by atoms with Crippen LogP contribution in [0.25, 0.3) is 6.08 Å². The van der Waals surface area contributed by atoms with Crippen LogP contribution in [0.4, 0.5) is 11.4 Å². The van der Waals surface area contributed by atoms with E-state index in [0.717, 1.165) is 4.90 Å². The van der Waals surface area contributed by atoms with Gasteiger partial charge >= 0.3 is 0 Å². The summed E-state index contributed by atoms with van der Waals surface area (Å²) < 4.78 is 5.15. The van der Waals surface area contributed by atoms with Crippen LogP contribution in [0.1, 0.15) is 22.8 Å². The van der Waals surface area contributed by atoms with Crippen molar-refractivity contribution in [3.63, 3.8) is 0 Å². The van der Waals surface area contributed by atoms with E-state index >= 15 is 0 Å². The summed E-state index contributed by atoms with van der Waals surface area (Å²) in [4.78, 5) is 39.8. The maximum absolute atomic E-state index is 13.4. The van der Waals surface area contributed by atoms with E-state index in [9.17, 15) is 14.4 Å². The van der Waals surface area contributed by atoms with Gasteiger partial charge in [-0.1, -0.05) is 59.6 Å². The molecule has 0 aliphatic carbocycles. The lowest BCUT2D eigenvalue weighted by Crippen LogP contribution is -2.30. The minimum absolute atomic E-state index is 0.0371. The van der Waals surface area contributed by atoms with Gasteiger partial charge in [0.05, 0.1) is 17.4 Å². The number of carbonyl (C=O) groups excluding carboxylic acids is 3. The maximum Gasteiger partial charge on any atom is 0.272 e. The summed E-state index contributed by atoms with van der Waals surface area (Å²) in [5.74, 6) is -0.655. The number of hydrogen-bond donors (Lipinski definition) is 3. The normalized spacial score (nSPS) is 11.8. The van der Waals surface area contributed by atoms with E-state index in [0.29, 0.717) is 38.3 Å². The Morgan fingerprint density at radius 2 is 1.57 bits per heavy atom. The fourth-order valence-corrected chi connectivity index (χ4v) is 5.18. The van der Waals surface area contributed by atoms with E-state index in [4.69, 9.17) is 27.9 Å². The smallest absolute Gasteiger partial charge is 0.272 e. The van der Waals surface area contributed by atoms with Crippen molar-refractivity contribution in [1.82, 2.24) is 5.32 Å². The predicted molar refractivity (Wildman–Crippen MR) is 170 cm³/mol. The SMILES string of the molecule is COc1ccc(NC(=O)C(C)Sc2cccc(NC(=O)/C(=C/c3cccc(Cl)c3)NC(=O)c3ccccc3)c2)cc1Cl. The Balaban J connectivity index is 1.46. The molecular formula is C32H27Cl2N3O4S. The molecule has 4 aromatic carbocycles. The number of amides is 3. The third kappa shape index (κ3) is 8.63. The summed E-state index contributed by atoms with van der Waals surface area (Å²) in [6.07, 6.45) is 1.55. The first-order valence-corrected chi connectivity index (χ1v) is 14.4. The van der Waals surface area contributed by atoms with Gasteiger partial charge in [-0.2, -0.15) is 0 Å². The molecule has 10 heteroatoms. The lowest BCUT2D eigenvalue weighted by atomic mass is 10.1. The van der Waals surface area contributed by atoms with Crippen LogP contribution in [0.5, 0.6) is 5.75 Å². The average molecular weight is 621 g/mol. The van der Waals surface area contributed by atoms with Gasteiger partial charge in [0.2, 0.25) is 5.91 Å². The number of ether oxygens (including phenoxy) is 1. The Labute approximate surface area is 258 Å². The van der Waals surface area contributed by atoms with Gasteiger partial charge < -0.3 is 20.7 Å². The molecule has 4 rings (SSSR count). The predicted octanol–water partition coefficient (Wildman–Crippen LogP) is 7.53. The van der Waals surface area contributed by atoms with Crippen LogP contribution >= 0.6 is 35.0 Å². The zero-order valence-corrected chi connectivity index (χ0v) is 25.0. The molecule has 3 N–H and O–H groups in total. The van der Waals surface area contributed by atoms with Crippen LogP contribution in [0.2, 0.25) is 10.0 Å². The first kappa shape index (κ1) is 30.7. The van der Waals surface area contributed by atoms with Crippen molar-refractivity contribution >= 4 is 70.1 Å². The van der Waals surface area contributed by atoms with Crippen LogP contribution in [-0.4, -0.2) is 30.1 Å². The summed E-state index contributed by atoms with van der Waals surface area (Å²) in [6.45, 7) is 1.78. The molecule has 3 amide bonds. The fraction of sp³-hybridized carbons (Fsp3) is 0.0938. The van der Waals surface area contributed by atoms with Crippen LogP contribution in [-0.2, 0) is 9.59 Å². The molecule has 0 saturated heterocycles. The monoisotopic (exact) mass is 619 g/mol. The number of nitrogens with one attached hydrogen (secondary N) is 3. The number of methoxy groups -OCH3 is 1. The first-order chi connectivity index (χ1) is 20.2. The van der Waals surface area contributed by atoms with E-state index in [1.807, 2.05) is 6.07 Å². The molecule has 214 valence electrons. The van der Waals surface area contributed by atoms with Crippen LogP contribution in [0.15, 0.2) is 108 Å². The van der Waals surface area contributed by atoms with Crippen molar-refractivity contribution < 1.29 is 19.1 Å². The summed E-state index contributed by atoms with van der Waals surface area (Å²) in [7, 11) is 1.52. The molecule has 0 bridgehead atoms. The summed E-state index contributed by atoms with van der Waals surface area (Å²) in [5.41, 5.74) is 2.13. The topological polar surface area (TPSA) is 96.5 Å². The molecule has 7 nitrogen and oxygen atoms in total. The number of carbonyl (C=O) groups is 3. The van der Waals surface area contributed by atoms with Gasteiger partial charge in [0, 0.05) is 26.9 Å². The van der Waals surface area contributed by atoms with Crippen molar-refractivity contribution in [1.29, 1.82) is 0 Å². The third-order valence-electron chi connectivity index (χ3n) is 5.88. The van der Waals surface area contributed by atoms with Gasteiger partial charge in [-0.15, -0.1) is 11.8 Å². The molecule has 4 aromatic rings. The second-order valence-corrected chi connectivity index (χ2v) is 11.3. The van der Waals surface area contributed by atoms with Crippen molar-refractivity contribution in [2.75, 3.05) is 17.7 Å². The second kappa shape index (κ2) is 14.6.